The predicted molar refractivity (Wildman–Crippen MR) is 55.6 cm³/mol. The number of carboxylic acids is 1. The number of hydrogen-bond acceptors (Lipinski definition) is 3. The highest BCUT2D eigenvalue weighted by atomic mass is 32.1. The fourth-order valence-corrected chi connectivity index (χ4v) is 2.15. The molecule has 0 fully saturated rings. The molecule has 1 aromatic rings. The number of fused-ring (bicyclic) bond motifs is 1. The summed E-state index contributed by atoms with van der Waals surface area (Å²) in [7, 11) is 0. The van der Waals surface area contributed by atoms with Crippen LogP contribution in [0.4, 0.5) is 0 Å². The molecule has 1 atom stereocenters. The quantitative estimate of drug-likeness (QED) is 0.622. The van der Waals surface area contributed by atoms with Crippen LogP contribution >= 0.6 is 12.2 Å². The maximum atomic E-state index is 11.5. The van der Waals surface area contributed by atoms with E-state index in [1.165, 1.54) is 0 Å². The van der Waals surface area contributed by atoms with Crippen LogP contribution in [0.1, 0.15) is 30.0 Å². The average Bonchev–Trinajstić information content (AvgIpc) is 2.16. The number of carboxylic acid groups (broad SMARTS) is 1. The summed E-state index contributed by atoms with van der Waals surface area (Å²) in [6.07, 6.45) is 1.88. The lowest BCUT2D eigenvalue weighted by molar-refractivity contribution is -0.139. The topological polar surface area (TPSA) is 85.9 Å². The van der Waals surface area contributed by atoms with Gasteiger partial charge in [0.15, 0.2) is 4.77 Å². The van der Waals surface area contributed by atoms with E-state index in [1.54, 1.807) is 0 Å². The number of aromatic nitrogens is 2. The first-order chi connectivity index (χ1) is 7.09. The van der Waals surface area contributed by atoms with Gasteiger partial charge in [-0.25, -0.2) is 0 Å². The maximum absolute atomic E-state index is 11.5. The van der Waals surface area contributed by atoms with E-state index in [0.29, 0.717) is 24.1 Å². The number of rotatable bonds is 1. The second-order valence-electron chi connectivity index (χ2n) is 3.58. The second kappa shape index (κ2) is 3.62. The van der Waals surface area contributed by atoms with Gasteiger partial charge in [-0.3, -0.25) is 14.6 Å². The van der Waals surface area contributed by atoms with E-state index >= 15 is 0 Å². The van der Waals surface area contributed by atoms with Gasteiger partial charge in [0.2, 0.25) is 0 Å². The zero-order chi connectivity index (χ0) is 11.0. The summed E-state index contributed by atoms with van der Waals surface area (Å²) in [4.78, 5) is 27.7. The van der Waals surface area contributed by atoms with E-state index in [9.17, 15) is 9.59 Å². The highest BCUT2D eigenvalue weighted by molar-refractivity contribution is 7.71. The third-order valence-electron chi connectivity index (χ3n) is 2.64. The molecule has 1 aromatic heterocycles. The molecule has 15 heavy (non-hydrogen) atoms. The van der Waals surface area contributed by atoms with E-state index in [0.717, 1.165) is 6.42 Å². The Bertz CT molecular complexity index is 517. The minimum absolute atomic E-state index is 0.187. The molecule has 0 aromatic carbocycles. The first-order valence-corrected chi connectivity index (χ1v) is 5.08. The summed E-state index contributed by atoms with van der Waals surface area (Å²) in [6.45, 7) is 0. The van der Waals surface area contributed by atoms with Gasteiger partial charge < -0.3 is 10.1 Å². The van der Waals surface area contributed by atoms with Crippen LogP contribution in [0.5, 0.6) is 0 Å². The first kappa shape index (κ1) is 10.1. The number of aliphatic carboxylic acids is 1. The van der Waals surface area contributed by atoms with Gasteiger partial charge >= 0.3 is 5.97 Å². The van der Waals surface area contributed by atoms with E-state index in [-0.39, 0.29) is 10.3 Å². The summed E-state index contributed by atoms with van der Waals surface area (Å²) in [5.74, 6) is -1.54. The molecule has 0 radical (unpaired) electrons. The third kappa shape index (κ3) is 1.72. The van der Waals surface area contributed by atoms with Crippen LogP contribution in [-0.2, 0) is 11.2 Å². The Morgan fingerprint density at radius 3 is 2.87 bits per heavy atom. The summed E-state index contributed by atoms with van der Waals surface area (Å²) < 4.78 is 0.187. The van der Waals surface area contributed by atoms with E-state index in [1.807, 2.05) is 0 Å². The Morgan fingerprint density at radius 2 is 2.20 bits per heavy atom. The van der Waals surface area contributed by atoms with Gasteiger partial charge in [0.25, 0.3) is 5.56 Å². The first-order valence-electron chi connectivity index (χ1n) is 4.68. The van der Waals surface area contributed by atoms with Crippen LogP contribution in [-0.4, -0.2) is 21.0 Å². The number of nitrogens with one attached hydrogen (secondary N) is 2. The molecule has 0 aliphatic heterocycles. The van der Waals surface area contributed by atoms with E-state index < -0.39 is 11.9 Å². The van der Waals surface area contributed by atoms with Gasteiger partial charge in [-0.2, -0.15) is 0 Å². The SMILES string of the molecule is O=C(O)C1CCCc2c1[nH]c(=S)[nH]c2=O. The summed E-state index contributed by atoms with van der Waals surface area (Å²) >= 11 is 4.82. The Labute approximate surface area is 90.2 Å². The molecule has 1 aliphatic carbocycles. The lowest BCUT2D eigenvalue weighted by atomic mass is 9.87. The van der Waals surface area contributed by atoms with Crippen LogP contribution in [0.2, 0.25) is 0 Å². The summed E-state index contributed by atoms with van der Waals surface area (Å²) in [5.41, 5.74) is 0.740. The smallest absolute Gasteiger partial charge is 0.312 e. The Balaban J connectivity index is 2.66. The summed E-state index contributed by atoms with van der Waals surface area (Å²) in [6, 6.07) is 0. The monoisotopic (exact) mass is 226 g/mol. The van der Waals surface area contributed by atoms with Crippen molar-refractivity contribution in [3.63, 3.8) is 0 Å². The van der Waals surface area contributed by atoms with Gasteiger partial charge in [0.1, 0.15) is 0 Å². The van der Waals surface area contributed by atoms with Gasteiger partial charge in [0.05, 0.1) is 5.92 Å². The molecule has 3 N–H and O–H groups in total. The van der Waals surface area contributed by atoms with Crippen molar-refractivity contribution in [2.75, 3.05) is 0 Å². The van der Waals surface area contributed by atoms with Crippen LogP contribution in [0.25, 0.3) is 0 Å². The number of carbonyl (C=O) groups is 1. The highest BCUT2D eigenvalue weighted by Crippen LogP contribution is 2.27. The van der Waals surface area contributed by atoms with Gasteiger partial charge in [0, 0.05) is 11.3 Å². The predicted octanol–water partition coefficient (Wildman–Crippen LogP) is 0.937. The van der Waals surface area contributed by atoms with Crippen LogP contribution in [0, 0.1) is 4.77 Å². The molecule has 0 bridgehead atoms. The third-order valence-corrected chi connectivity index (χ3v) is 2.84. The molecule has 1 unspecified atom stereocenters. The Morgan fingerprint density at radius 1 is 1.47 bits per heavy atom. The van der Waals surface area contributed by atoms with Crippen LogP contribution in [0.3, 0.4) is 0 Å². The van der Waals surface area contributed by atoms with Crippen LogP contribution < -0.4 is 5.56 Å². The Kier molecular flexibility index (Phi) is 2.44. The van der Waals surface area contributed by atoms with Crippen molar-refractivity contribution in [1.82, 2.24) is 9.97 Å². The average molecular weight is 226 g/mol. The van der Waals surface area contributed by atoms with Crippen molar-refractivity contribution in [3.05, 3.63) is 26.4 Å². The largest absolute Gasteiger partial charge is 0.481 e. The van der Waals surface area contributed by atoms with Gasteiger partial charge in [-0.05, 0) is 31.5 Å². The van der Waals surface area contributed by atoms with Crippen molar-refractivity contribution in [2.45, 2.75) is 25.2 Å². The molecule has 80 valence electrons. The molecular formula is C9H10N2O3S. The molecule has 1 heterocycles. The molecule has 0 spiro atoms. The van der Waals surface area contributed by atoms with Crippen molar-refractivity contribution in [2.24, 2.45) is 0 Å². The maximum Gasteiger partial charge on any atom is 0.312 e. The Hall–Kier alpha value is -1.43. The highest BCUT2D eigenvalue weighted by Gasteiger charge is 2.28. The van der Waals surface area contributed by atoms with Gasteiger partial charge in [-0.15, -0.1) is 0 Å². The number of aromatic amines is 2. The molecule has 5 nitrogen and oxygen atoms in total. The van der Waals surface area contributed by atoms with Crippen molar-refractivity contribution >= 4 is 18.2 Å². The standard InChI is InChI=1S/C9H10N2O3S/c12-7-4-2-1-3-5(8(13)14)6(4)10-9(15)11-7/h5H,1-3H2,(H,13,14)(H2,10,11,12,15). The molecule has 0 saturated carbocycles. The second-order valence-corrected chi connectivity index (χ2v) is 3.99. The zero-order valence-corrected chi connectivity index (χ0v) is 8.69. The van der Waals surface area contributed by atoms with E-state index in [2.05, 4.69) is 9.97 Å². The lowest BCUT2D eigenvalue weighted by Gasteiger charge is -2.20. The summed E-state index contributed by atoms with van der Waals surface area (Å²) in [5, 5.41) is 9.00. The minimum Gasteiger partial charge on any atom is -0.481 e. The zero-order valence-electron chi connectivity index (χ0n) is 7.87. The normalized spacial score (nSPS) is 19.6. The molecule has 2 rings (SSSR count). The van der Waals surface area contributed by atoms with Crippen molar-refractivity contribution < 1.29 is 9.90 Å². The molecule has 0 amide bonds. The molecule has 6 heteroatoms. The minimum atomic E-state index is -0.910. The fraction of sp³-hybridized carbons (Fsp3) is 0.444. The van der Waals surface area contributed by atoms with Crippen molar-refractivity contribution in [1.29, 1.82) is 0 Å². The number of hydrogen-bond donors (Lipinski definition) is 3. The van der Waals surface area contributed by atoms with Gasteiger partial charge in [-0.1, -0.05) is 0 Å². The molecule has 0 saturated heterocycles. The van der Waals surface area contributed by atoms with E-state index in [4.69, 9.17) is 17.3 Å². The fourth-order valence-electron chi connectivity index (χ4n) is 1.95. The molecule has 1 aliphatic rings. The van der Waals surface area contributed by atoms with Crippen LogP contribution in [0.15, 0.2) is 4.79 Å². The molecular weight excluding hydrogens is 216 g/mol. The van der Waals surface area contributed by atoms with Crippen molar-refractivity contribution in [3.8, 4) is 0 Å². The lowest BCUT2D eigenvalue weighted by Crippen LogP contribution is -2.27. The number of H-pyrrole nitrogens is 2.